The van der Waals surface area contributed by atoms with Gasteiger partial charge in [-0.2, -0.15) is 0 Å². The molecule has 0 aromatic rings. The summed E-state index contributed by atoms with van der Waals surface area (Å²) in [6, 6.07) is 0. The Morgan fingerprint density at radius 2 is 2.17 bits per heavy atom. The van der Waals surface area contributed by atoms with Crippen LogP contribution in [0, 0.1) is 24.2 Å². The van der Waals surface area contributed by atoms with E-state index in [-0.39, 0.29) is 0 Å². The van der Waals surface area contributed by atoms with Crippen LogP contribution in [0.5, 0.6) is 0 Å². The fraction of sp³-hybridized carbons (Fsp3) is 0.917. The van der Waals surface area contributed by atoms with Crippen LogP contribution in [0.1, 0.15) is 52.9 Å². The molecule has 1 rings (SSSR count). The van der Waals surface area contributed by atoms with Crippen LogP contribution in [-0.2, 0) is 0 Å². The molecule has 0 spiro atoms. The van der Waals surface area contributed by atoms with Crippen LogP contribution >= 0.6 is 0 Å². The molecule has 0 amide bonds. The van der Waals surface area contributed by atoms with E-state index in [0.717, 1.165) is 18.3 Å². The molecule has 12 heavy (non-hydrogen) atoms. The normalized spacial score (nSPS) is 31.5. The van der Waals surface area contributed by atoms with Gasteiger partial charge in [-0.3, -0.25) is 0 Å². The van der Waals surface area contributed by atoms with E-state index in [1.165, 1.54) is 25.7 Å². The van der Waals surface area contributed by atoms with Crippen LogP contribution in [-0.4, -0.2) is 0 Å². The maximum atomic E-state index is 4.01. The SMILES string of the molecule is [CH2]CC(C)C1CCCC(C)(C)C1. The molecule has 2 unspecified atom stereocenters. The van der Waals surface area contributed by atoms with Crippen molar-refractivity contribution in [3.8, 4) is 0 Å². The van der Waals surface area contributed by atoms with E-state index in [1.54, 1.807) is 0 Å². The van der Waals surface area contributed by atoms with Gasteiger partial charge in [0.15, 0.2) is 0 Å². The van der Waals surface area contributed by atoms with Crippen molar-refractivity contribution in [1.29, 1.82) is 0 Å². The summed E-state index contributed by atoms with van der Waals surface area (Å²) in [6.07, 6.45) is 6.83. The average Bonchev–Trinajstić information content (AvgIpc) is 2.01. The molecule has 1 aliphatic carbocycles. The van der Waals surface area contributed by atoms with Gasteiger partial charge in [0.05, 0.1) is 0 Å². The molecule has 0 heterocycles. The molecule has 1 fully saturated rings. The van der Waals surface area contributed by atoms with Crippen molar-refractivity contribution in [2.45, 2.75) is 52.9 Å². The smallest absolute Gasteiger partial charge is 0.0351 e. The minimum atomic E-state index is 0.604. The van der Waals surface area contributed by atoms with Gasteiger partial charge in [-0.25, -0.2) is 0 Å². The summed E-state index contributed by atoms with van der Waals surface area (Å²) in [5.74, 6) is 1.79. The Labute approximate surface area is 77.7 Å². The maximum absolute atomic E-state index is 4.01. The first kappa shape index (κ1) is 10.1. The molecule has 71 valence electrons. The van der Waals surface area contributed by atoms with Gasteiger partial charge in [-0.05, 0) is 30.1 Å². The van der Waals surface area contributed by atoms with Crippen LogP contribution in [0.4, 0.5) is 0 Å². The monoisotopic (exact) mass is 167 g/mol. The summed E-state index contributed by atoms with van der Waals surface area (Å²) >= 11 is 0. The number of hydrogen-bond acceptors (Lipinski definition) is 0. The van der Waals surface area contributed by atoms with E-state index in [4.69, 9.17) is 0 Å². The fourth-order valence-corrected chi connectivity index (χ4v) is 2.48. The highest BCUT2D eigenvalue weighted by Gasteiger charge is 2.29. The van der Waals surface area contributed by atoms with E-state index in [2.05, 4.69) is 27.7 Å². The third kappa shape index (κ3) is 2.50. The fourth-order valence-electron chi connectivity index (χ4n) is 2.48. The lowest BCUT2D eigenvalue weighted by Crippen LogP contribution is -2.26. The molecule has 0 heteroatoms. The highest BCUT2D eigenvalue weighted by molar-refractivity contribution is 4.81. The molecule has 0 bridgehead atoms. The lowest BCUT2D eigenvalue weighted by molar-refractivity contribution is 0.141. The Hall–Kier alpha value is 0. The molecule has 2 atom stereocenters. The summed E-state index contributed by atoms with van der Waals surface area (Å²) in [7, 11) is 0. The predicted octanol–water partition coefficient (Wildman–Crippen LogP) is 4.06. The van der Waals surface area contributed by atoms with Crippen LogP contribution < -0.4 is 0 Å². The Kier molecular flexibility index (Phi) is 3.20. The van der Waals surface area contributed by atoms with Crippen molar-refractivity contribution in [3.63, 3.8) is 0 Å². The van der Waals surface area contributed by atoms with Crippen LogP contribution in [0.3, 0.4) is 0 Å². The van der Waals surface area contributed by atoms with Gasteiger partial charge in [0.2, 0.25) is 0 Å². The third-order valence-electron chi connectivity index (χ3n) is 3.50. The second-order valence-electron chi connectivity index (χ2n) is 5.29. The van der Waals surface area contributed by atoms with Crippen LogP contribution in [0.25, 0.3) is 0 Å². The molecule has 1 aliphatic rings. The van der Waals surface area contributed by atoms with Crippen molar-refractivity contribution in [2.75, 3.05) is 0 Å². The van der Waals surface area contributed by atoms with Gasteiger partial charge >= 0.3 is 0 Å². The standard InChI is InChI=1S/C12H23/c1-5-10(2)11-7-6-8-12(3,4)9-11/h10-11H,1,5-9H2,2-4H3. The molecular formula is C12H23. The second-order valence-corrected chi connectivity index (χ2v) is 5.29. The van der Waals surface area contributed by atoms with Crippen LogP contribution in [0.15, 0.2) is 0 Å². The minimum Gasteiger partial charge on any atom is -0.0622 e. The molecule has 0 aliphatic heterocycles. The van der Waals surface area contributed by atoms with Crippen molar-refractivity contribution < 1.29 is 0 Å². The number of rotatable bonds is 2. The Balaban J connectivity index is 2.46. The number of hydrogen-bond donors (Lipinski definition) is 0. The predicted molar refractivity (Wildman–Crippen MR) is 54.9 cm³/mol. The van der Waals surface area contributed by atoms with Gasteiger partial charge in [0.25, 0.3) is 0 Å². The Morgan fingerprint density at radius 3 is 2.67 bits per heavy atom. The van der Waals surface area contributed by atoms with E-state index in [9.17, 15) is 0 Å². The van der Waals surface area contributed by atoms with Gasteiger partial charge < -0.3 is 0 Å². The lowest BCUT2D eigenvalue weighted by atomic mass is 9.68. The molecule has 1 radical (unpaired) electrons. The highest BCUT2D eigenvalue weighted by atomic mass is 14.3. The largest absolute Gasteiger partial charge is 0.0622 e. The molecule has 0 aromatic heterocycles. The molecule has 1 saturated carbocycles. The minimum absolute atomic E-state index is 0.604. The summed E-state index contributed by atoms with van der Waals surface area (Å²) in [4.78, 5) is 0. The zero-order valence-corrected chi connectivity index (χ0v) is 8.90. The van der Waals surface area contributed by atoms with Crippen molar-refractivity contribution >= 4 is 0 Å². The third-order valence-corrected chi connectivity index (χ3v) is 3.50. The van der Waals surface area contributed by atoms with Gasteiger partial charge in [-0.1, -0.05) is 47.0 Å². The quantitative estimate of drug-likeness (QED) is 0.581. The van der Waals surface area contributed by atoms with Crippen molar-refractivity contribution in [3.05, 3.63) is 6.92 Å². The molecule has 0 aromatic carbocycles. The summed E-state index contributed by atoms with van der Waals surface area (Å²) < 4.78 is 0. The summed E-state index contributed by atoms with van der Waals surface area (Å²) in [5.41, 5.74) is 0.604. The lowest BCUT2D eigenvalue weighted by Gasteiger charge is -2.37. The second kappa shape index (κ2) is 3.81. The van der Waals surface area contributed by atoms with E-state index in [1.807, 2.05) is 0 Å². The van der Waals surface area contributed by atoms with Gasteiger partial charge in [-0.15, -0.1) is 0 Å². The highest BCUT2D eigenvalue weighted by Crippen LogP contribution is 2.41. The first-order chi connectivity index (χ1) is 5.55. The van der Waals surface area contributed by atoms with Gasteiger partial charge in [0, 0.05) is 0 Å². The Morgan fingerprint density at radius 1 is 1.50 bits per heavy atom. The molecule has 0 saturated heterocycles. The molecule has 0 N–H and O–H groups in total. The van der Waals surface area contributed by atoms with E-state index in [0.29, 0.717) is 5.41 Å². The van der Waals surface area contributed by atoms with E-state index < -0.39 is 0 Å². The zero-order chi connectivity index (χ0) is 9.19. The maximum Gasteiger partial charge on any atom is -0.0351 e. The van der Waals surface area contributed by atoms with E-state index >= 15 is 0 Å². The van der Waals surface area contributed by atoms with Crippen molar-refractivity contribution in [1.82, 2.24) is 0 Å². The average molecular weight is 167 g/mol. The zero-order valence-electron chi connectivity index (χ0n) is 8.90. The van der Waals surface area contributed by atoms with Crippen molar-refractivity contribution in [2.24, 2.45) is 17.3 Å². The Bertz CT molecular complexity index is 135. The molecular weight excluding hydrogens is 144 g/mol. The first-order valence-corrected chi connectivity index (χ1v) is 5.34. The molecule has 0 nitrogen and oxygen atoms in total. The summed E-state index contributed by atoms with van der Waals surface area (Å²) in [6.45, 7) is 11.2. The van der Waals surface area contributed by atoms with Gasteiger partial charge in [0.1, 0.15) is 0 Å². The van der Waals surface area contributed by atoms with Crippen LogP contribution in [0.2, 0.25) is 0 Å². The topological polar surface area (TPSA) is 0 Å². The summed E-state index contributed by atoms with van der Waals surface area (Å²) in [5, 5.41) is 0. The first-order valence-electron chi connectivity index (χ1n) is 5.34.